The molecular weight excluding hydrogens is 256 g/mol. The minimum absolute atomic E-state index is 0.0217. The summed E-state index contributed by atoms with van der Waals surface area (Å²) < 4.78 is 0. The van der Waals surface area contributed by atoms with Crippen LogP contribution >= 0.6 is 0 Å². The molecule has 1 amide bonds. The monoisotopic (exact) mass is 286 g/mol. The van der Waals surface area contributed by atoms with E-state index < -0.39 is 0 Å². The Morgan fingerprint density at radius 3 is 2.55 bits per heavy atom. The first-order valence-corrected chi connectivity index (χ1v) is 7.45. The second-order valence-corrected chi connectivity index (χ2v) is 4.99. The predicted molar refractivity (Wildman–Crippen MR) is 81.6 cm³/mol. The minimum Gasteiger partial charge on any atom is -0.355 e. The molecule has 0 fully saturated rings. The Hall–Kier alpha value is -0.980. The third-order valence-corrected chi connectivity index (χ3v) is 3.09. The fourth-order valence-corrected chi connectivity index (χ4v) is 1.94. The van der Waals surface area contributed by atoms with Gasteiger partial charge in [-0.2, -0.15) is 0 Å². The molecule has 0 aromatic carbocycles. The van der Waals surface area contributed by atoms with Crippen LogP contribution in [-0.4, -0.2) is 74.9 Å². The highest BCUT2D eigenvalue weighted by molar-refractivity contribution is 5.76. The fourth-order valence-electron chi connectivity index (χ4n) is 1.94. The second-order valence-electron chi connectivity index (χ2n) is 4.99. The van der Waals surface area contributed by atoms with E-state index >= 15 is 0 Å². The largest absolute Gasteiger partial charge is 0.355 e. The maximum atomic E-state index is 11.5. The first-order valence-electron chi connectivity index (χ1n) is 7.45. The van der Waals surface area contributed by atoms with Crippen LogP contribution in [0.4, 0.5) is 0 Å². The second kappa shape index (κ2) is 13.0. The van der Waals surface area contributed by atoms with Gasteiger partial charge in [0.2, 0.25) is 5.91 Å². The first-order chi connectivity index (χ1) is 9.63. The zero-order chi connectivity index (χ0) is 15.2. The van der Waals surface area contributed by atoms with Crippen LogP contribution in [0.5, 0.6) is 0 Å². The van der Waals surface area contributed by atoms with Gasteiger partial charge in [-0.1, -0.05) is 6.92 Å². The van der Waals surface area contributed by atoms with Crippen molar-refractivity contribution in [3.05, 3.63) is 0 Å². The highest BCUT2D eigenvalue weighted by Crippen LogP contribution is 1.96. The van der Waals surface area contributed by atoms with Crippen molar-refractivity contribution in [1.82, 2.24) is 15.1 Å². The van der Waals surface area contributed by atoms with E-state index in [0.717, 1.165) is 32.3 Å². The van der Waals surface area contributed by atoms with Crippen molar-refractivity contribution in [1.29, 1.82) is 0 Å². The summed E-state index contributed by atoms with van der Waals surface area (Å²) in [7, 11) is 2.09. The lowest BCUT2D eigenvalue weighted by atomic mass is 10.3. The molecule has 0 unspecified atom stereocenters. The lowest BCUT2D eigenvalue weighted by Crippen LogP contribution is -2.37. The van der Waals surface area contributed by atoms with Crippen LogP contribution in [0.2, 0.25) is 0 Å². The van der Waals surface area contributed by atoms with Gasteiger partial charge in [-0.25, -0.2) is 0 Å². The molecule has 6 nitrogen and oxygen atoms in total. The molecule has 0 rings (SSSR count). The number of likely N-dealkylation sites (N-methyl/N-ethyl adjacent to an activating group) is 1. The third kappa shape index (κ3) is 10.9. The highest BCUT2D eigenvalue weighted by Gasteiger charge is 2.09. The van der Waals surface area contributed by atoms with Crippen molar-refractivity contribution in [2.45, 2.75) is 26.2 Å². The lowest BCUT2D eigenvalue weighted by Gasteiger charge is -2.24. The molecule has 0 aromatic heterocycles. The number of hydrogen-bond acceptors (Lipinski definition) is 5. The fraction of sp³-hybridized carbons (Fsp3) is 0.857. The van der Waals surface area contributed by atoms with Crippen LogP contribution in [0.3, 0.4) is 0 Å². The quantitative estimate of drug-likeness (QED) is 0.454. The molecule has 0 spiro atoms. The zero-order valence-electron chi connectivity index (χ0n) is 12.9. The van der Waals surface area contributed by atoms with Crippen LogP contribution in [-0.2, 0) is 9.59 Å². The molecule has 118 valence electrons. The zero-order valence-corrected chi connectivity index (χ0v) is 12.9. The van der Waals surface area contributed by atoms with Gasteiger partial charge in [0.1, 0.15) is 6.29 Å². The van der Waals surface area contributed by atoms with Gasteiger partial charge in [0, 0.05) is 52.1 Å². The van der Waals surface area contributed by atoms with Gasteiger partial charge in [0.25, 0.3) is 0 Å². The van der Waals surface area contributed by atoms with Crippen molar-refractivity contribution in [3.63, 3.8) is 0 Å². The molecule has 0 aromatic rings. The van der Waals surface area contributed by atoms with E-state index in [2.05, 4.69) is 29.1 Å². The van der Waals surface area contributed by atoms with Crippen LogP contribution in [0.25, 0.3) is 0 Å². The van der Waals surface area contributed by atoms with Crippen molar-refractivity contribution in [2.24, 2.45) is 5.73 Å². The van der Waals surface area contributed by atoms with Crippen LogP contribution < -0.4 is 11.1 Å². The first kappa shape index (κ1) is 19.0. The van der Waals surface area contributed by atoms with Gasteiger partial charge in [0.15, 0.2) is 0 Å². The maximum Gasteiger partial charge on any atom is 0.221 e. The molecule has 0 bridgehead atoms. The smallest absolute Gasteiger partial charge is 0.221 e. The van der Waals surface area contributed by atoms with Crippen molar-refractivity contribution < 1.29 is 9.59 Å². The van der Waals surface area contributed by atoms with E-state index in [1.165, 1.54) is 0 Å². The third-order valence-electron chi connectivity index (χ3n) is 3.09. The van der Waals surface area contributed by atoms with Crippen LogP contribution in [0, 0.1) is 0 Å². The Bertz CT molecular complexity index is 262. The van der Waals surface area contributed by atoms with E-state index in [-0.39, 0.29) is 5.91 Å². The number of nitrogens with zero attached hydrogens (tertiary/aromatic N) is 2. The molecule has 0 aliphatic rings. The topological polar surface area (TPSA) is 78.7 Å². The Morgan fingerprint density at radius 1 is 1.20 bits per heavy atom. The summed E-state index contributed by atoms with van der Waals surface area (Å²) in [4.78, 5) is 26.5. The molecule has 0 atom stereocenters. The summed E-state index contributed by atoms with van der Waals surface area (Å²) in [5, 5.41) is 2.76. The summed E-state index contributed by atoms with van der Waals surface area (Å²) in [6.45, 7) is 7.44. The SMILES string of the molecule is CCCN(C)CCN(CCC=O)CCC(=O)NCCN. The Kier molecular flexibility index (Phi) is 12.4. The molecule has 0 radical (unpaired) electrons. The molecule has 20 heavy (non-hydrogen) atoms. The van der Waals surface area contributed by atoms with E-state index in [0.29, 0.717) is 39.0 Å². The number of rotatable bonds is 13. The van der Waals surface area contributed by atoms with Gasteiger partial charge < -0.3 is 25.6 Å². The lowest BCUT2D eigenvalue weighted by molar-refractivity contribution is -0.121. The molecule has 3 N–H and O–H groups in total. The maximum absolute atomic E-state index is 11.5. The van der Waals surface area contributed by atoms with Gasteiger partial charge in [-0.3, -0.25) is 4.79 Å². The van der Waals surface area contributed by atoms with E-state index in [1.54, 1.807) is 0 Å². The van der Waals surface area contributed by atoms with E-state index in [9.17, 15) is 9.59 Å². The number of hydrogen-bond donors (Lipinski definition) is 2. The molecular formula is C14H30N4O2. The van der Waals surface area contributed by atoms with E-state index in [1.807, 2.05) is 0 Å². The Labute approximate surface area is 122 Å². The standard InChI is InChI=1S/C14H30N4O2/c1-3-8-17(2)11-12-18(9-4-13-19)10-5-14(20)16-7-6-15/h13H,3-12,15H2,1-2H3,(H,16,20). The normalized spacial score (nSPS) is 11.1. The summed E-state index contributed by atoms with van der Waals surface area (Å²) in [6, 6.07) is 0. The average molecular weight is 286 g/mol. The van der Waals surface area contributed by atoms with E-state index in [4.69, 9.17) is 5.73 Å². The van der Waals surface area contributed by atoms with Crippen LogP contribution in [0.1, 0.15) is 26.2 Å². The average Bonchev–Trinajstić information content (AvgIpc) is 2.44. The predicted octanol–water partition coefficient (Wildman–Crippen LogP) is -0.316. The number of aldehydes is 1. The minimum atomic E-state index is 0.0217. The van der Waals surface area contributed by atoms with Gasteiger partial charge in [-0.15, -0.1) is 0 Å². The summed E-state index contributed by atoms with van der Waals surface area (Å²) >= 11 is 0. The highest BCUT2D eigenvalue weighted by atomic mass is 16.1. The number of carbonyl (C=O) groups is 2. The van der Waals surface area contributed by atoms with Crippen molar-refractivity contribution in [3.8, 4) is 0 Å². The molecule has 0 aliphatic carbocycles. The summed E-state index contributed by atoms with van der Waals surface area (Å²) in [5.74, 6) is 0.0217. The molecule has 0 saturated heterocycles. The number of nitrogens with one attached hydrogen (secondary N) is 1. The van der Waals surface area contributed by atoms with Gasteiger partial charge >= 0.3 is 0 Å². The Morgan fingerprint density at radius 2 is 1.95 bits per heavy atom. The van der Waals surface area contributed by atoms with Gasteiger partial charge in [0.05, 0.1) is 0 Å². The van der Waals surface area contributed by atoms with Gasteiger partial charge in [-0.05, 0) is 20.0 Å². The Balaban J connectivity index is 4.00. The van der Waals surface area contributed by atoms with Crippen molar-refractivity contribution >= 4 is 12.2 Å². The number of carbonyl (C=O) groups excluding carboxylic acids is 2. The molecule has 0 aliphatic heterocycles. The van der Waals surface area contributed by atoms with Crippen molar-refractivity contribution in [2.75, 3.05) is 52.9 Å². The summed E-state index contributed by atoms with van der Waals surface area (Å²) in [5.41, 5.74) is 5.34. The molecule has 0 saturated carbocycles. The van der Waals surface area contributed by atoms with Crippen LogP contribution in [0.15, 0.2) is 0 Å². The number of amides is 1. The number of nitrogens with two attached hydrogens (primary N) is 1. The summed E-state index contributed by atoms with van der Waals surface area (Å²) in [6.07, 6.45) is 3.03. The molecule has 0 heterocycles. The molecule has 6 heteroatoms.